The van der Waals surface area contributed by atoms with Crippen molar-refractivity contribution in [3.8, 4) is 0 Å². The van der Waals surface area contributed by atoms with Crippen LogP contribution in [0.5, 0.6) is 0 Å². The molecule has 0 saturated heterocycles. The van der Waals surface area contributed by atoms with Crippen molar-refractivity contribution in [2.75, 3.05) is 5.32 Å². The molecule has 0 aromatic heterocycles. The number of benzene rings is 2. The van der Waals surface area contributed by atoms with Crippen LogP contribution < -0.4 is 5.32 Å². The fraction of sp³-hybridized carbons (Fsp3) is 0.188. The molecule has 1 atom stereocenters. The van der Waals surface area contributed by atoms with E-state index in [2.05, 4.69) is 37.2 Å². The number of nitrogens with one attached hydrogen (secondary N) is 1. The van der Waals surface area contributed by atoms with Crippen LogP contribution in [0.4, 0.5) is 5.69 Å². The van der Waals surface area contributed by atoms with Crippen LogP contribution in [0.15, 0.2) is 57.5 Å². The van der Waals surface area contributed by atoms with Crippen molar-refractivity contribution >= 4 is 43.5 Å². The fourth-order valence-electron chi connectivity index (χ4n) is 2.23. The topological polar surface area (TPSA) is 49.3 Å². The first-order valence-electron chi connectivity index (χ1n) is 6.51. The van der Waals surface area contributed by atoms with Gasteiger partial charge in [-0.25, -0.2) is 4.79 Å². The Morgan fingerprint density at radius 2 is 1.81 bits per heavy atom. The summed E-state index contributed by atoms with van der Waals surface area (Å²) in [6.07, 6.45) is 0.425. The highest BCUT2D eigenvalue weighted by Gasteiger charge is 2.38. The molecule has 110 valence electrons. The normalized spacial score (nSPS) is 13.5. The third-order valence-corrected chi connectivity index (χ3v) is 4.44. The van der Waals surface area contributed by atoms with Gasteiger partial charge in [0.25, 0.3) is 0 Å². The highest BCUT2D eigenvalue weighted by atomic mass is 79.9. The molecular formula is C16H15Br2NO2. The first-order chi connectivity index (χ1) is 9.98. The third-order valence-electron chi connectivity index (χ3n) is 3.41. The van der Waals surface area contributed by atoms with Gasteiger partial charge in [-0.1, -0.05) is 50.9 Å². The lowest BCUT2D eigenvalue weighted by molar-refractivity contribution is -0.142. The zero-order valence-corrected chi connectivity index (χ0v) is 14.6. The van der Waals surface area contributed by atoms with Gasteiger partial charge in [0.15, 0.2) is 5.54 Å². The first-order valence-corrected chi connectivity index (χ1v) is 8.10. The Hall–Kier alpha value is -1.33. The van der Waals surface area contributed by atoms with Gasteiger partial charge in [-0.3, -0.25) is 0 Å². The molecule has 0 fully saturated rings. The second-order valence-corrected chi connectivity index (χ2v) is 6.54. The van der Waals surface area contributed by atoms with E-state index in [4.69, 9.17) is 0 Å². The minimum absolute atomic E-state index is 0.425. The van der Waals surface area contributed by atoms with Crippen molar-refractivity contribution in [3.05, 3.63) is 63.0 Å². The summed E-state index contributed by atoms with van der Waals surface area (Å²) >= 11 is 6.78. The lowest BCUT2D eigenvalue weighted by Crippen LogP contribution is -2.43. The monoisotopic (exact) mass is 411 g/mol. The van der Waals surface area contributed by atoms with Gasteiger partial charge in [-0.15, -0.1) is 0 Å². The first kappa shape index (κ1) is 16.0. The van der Waals surface area contributed by atoms with Crippen LogP contribution in [0.3, 0.4) is 0 Å². The Morgan fingerprint density at radius 1 is 1.14 bits per heavy atom. The van der Waals surface area contributed by atoms with Gasteiger partial charge in [-0.2, -0.15) is 0 Å². The Kier molecular flexibility index (Phi) is 5.06. The Morgan fingerprint density at radius 3 is 2.33 bits per heavy atom. The number of halogens is 2. The van der Waals surface area contributed by atoms with Gasteiger partial charge >= 0.3 is 5.97 Å². The number of carboxylic acid groups (broad SMARTS) is 1. The predicted octanol–water partition coefficient (Wildman–Crippen LogP) is 5.01. The number of hydrogen-bond acceptors (Lipinski definition) is 2. The van der Waals surface area contributed by atoms with E-state index in [1.54, 1.807) is 0 Å². The summed E-state index contributed by atoms with van der Waals surface area (Å²) in [5.41, 5.74) is 0.328. The second kappa shape index (κ2) is 6.62. The molecule has 1 unspecified atom stereocenters. The Balaban J connectivity index is 2.46. The highest BCUT2D eigenvalue weighted by molar-refractivity contribution is 9.10. The number of rotatable bonds is 5. The third kappa shape index (κ3) is 3.47. The molecule has 0 spiro atoms. The maximum Gasteiger partial charge on any atom is 0.334 e. The van der Waals surface area contributed by atoms with Crippen molar-refractivity contribution in [2.45, 2.75) is 18.9 Å². The molecular weight excluding hydrogens is 398 g/mol. The molecule has 0 aliphatic carbocycles. The van der Waals surface area contributed by atoms with Crippen molar-refractivity contribution in [2.24, 2.45) is 0 Å². The molecule has 0 amide bonds. The van der Waals surface area contributed by atoms with E-state index < -0.39 is 11.5 Å². The molecule has 21 heavy (non-hydrogen) atoms. The summed E-state index contributed by atoms with van der Waals surface area (Å²) < 4.78 is 1.81. The summed E-state index contributed by atoms with van der Waals surface area (Å²) in [5.74, 6) is -0.897. The summed E-state index contributed by atoms with van der Waals surface area (Å²) in [6.45, 7) is 1.86. The number of aliphatic carboxylic acids is 1. The summed E-state index contributed by atoms with van der Waals surface area (Å²) in [4.78, 5) is 11.9. The maximum absolute atomic E-state index is 11.9. The molecule has 0 saturated carbocycles. The van der Waals surface area contributed by atoms with E-state index in [0.29, 0.717) is 6.42 Å². The Labute approximate surface area is 140 Å². The standard InChI is InChI=1S/C16H15Br2NO2/c1-2-16(15(20)21,11-4-3-5-13(18)10-11)19-14-8-6-12(17)7-9-14/h3-10,19H,2H2,1H3,(H,20,21). The minimum Gasteiger partial charge on any atom is -0.479 e. The molecule has 0 heterocycles. The summed E-state index contributed by atoms with van der Waals surface area (Å²) in [5, 5.41) is 13.0. The minimum atomic E-state index is -1.16. The zero-order valence-electron chi connectivity index (χ0n) is 11.4. The lowest BCUT2D eigenvalue weighted by Gasteiger charge is -2.31. The van der Waals surface area contributed by atoms with Crippen LogP contribution in [0.25, 0.3) is 0 Å². The van der Waals surface area contributed by atoms with Gasteiger partial charge < -0.3 is 10.4 Å². The quantitative estimate of drug-likeness (QED) is 0.725. The van der Waals surface area contributed by atoms with Crippen molar-refractivity contribution in [1.82, 2.24) is 0 Å². The van der Waals surface area contributed by atoms with Crippen LogP contribution in [0, 0.1) is 0 Å². The maximum atomic E-state index is 11.9. The number of carboxylic acids is 1. The van der Waals surface area contributed by atoms with Gasteiger partial charge in [0, 0.05) is 14.6 Å². The second-order valence-electron chi connectivity index (χ2n) is 4.71. The highest BCUT2D eigenvalue weighted by Crippen LogP contribution is 2.32. The summed E-state index contributed by atoms with van der Waals surface area (Å²) in [7, 11) is 0. The molecule has 2 aromatic carbocycles. The van der Waals surface area contributed by atoms with E-state index in [0.717, 1.165) is 20.2 Å². The van der Waals surface area contributed by atoms with Crippen LogP contribution in [0.1, 0.15) is 18.9 Å². The lowest BCUT2D eigenvalue weighted by atomic mass is 9.87. The molecule has 0 aliphatic heterocycles. The largest absolute Gasteiger partial charge is 0.479 e. The molecule has 0 radical (unpaired) electrons. The van der Waals surface area contributed by atoms with Crippen molar-refractivity contribution in [3.63, 3.8) is 0 Å². The van der Waals surface area contributed by atoms with Crippen molar-refractivity contribution in [1.29, 1.82) is 0 Å². The average molecular weight is 413 g/mol. The number of anilines is 1. The Bertz CT molecular complexity index is 643. The van der Waals surface area contributed by atoms with Crippen LogP contribution >= 0.6 is 31.9 Å². The molecule has 0 aliphatic rings. The molecule has 5 heteroatoms. The molecule has 0 bridgehead atoms. The molecule has 3 nitrogen and oxygen atoms in total. The van der Waals surface area contributed by atoms with Crippen LogP contribution in [-0.4, -0.2) is 11.1 Å². The van der Waals surface area contributed by atoms with E-state index >= 15 is 0 Å². The summed E-state index contributed by atoms with van der Waals surface area (Å²) in [6, 6.07) is 14.9. The zero-order chi connectivity index (χ0) is 15.5. The number of hydrogen-bond donors (Lipinski definition) is 2. The predicted molar refractivity (Wildman–Crippen MR) is 91.5 cm³/mol. The van der Waals surface area contributed by atoms with Gasteiger partial charge in [0.2, 0.25) is 0 Å². The number of carbonyl (C=O) groups is 1. The van der Waals surface area contributed by atoms with Crippen LogP contribution in [0.2, 0.25) is 0 Å². The van der Waals surface area contributed by atoms with Crippen molar-refractivity contribution < 1.29 is 9.90 Å². The van der Waals surface area contributed by atoms with E-state index in [9.17, 15) is 9.90 Å². The van der Waals surface area contributed by atoms with Crippen LogP contribution in [-0.2, 0) is 10.3 Å². The molecule has 2 aromatic rings. The molecule has 2 N–H and O–H groups in total. The van der Waals surface area contributed by atoms with Gasteiger partial charge in [0.1, 0.15) is 0 Å². The van der Waals surface area contributed by atoms with Gasteiger partial charge in [0.05, 0.1) is 0 Å². The van der Waals surface area contributed by atoms with E-state index in [-0.39, 0.29) is 0 Å². The van der Waals surface area contributed by atoms with Gasteiger partial charge in [-0.05, 0) is 48.4 Å². The van der Waals surface area contributed by atoms with E-state index in [1.807, 2.05) is 55.5 Å². The SMILES string of the molecule is CCC(Nc1ccc(Br)cc1)(C(=O)O)c1cccc(Br)c1. The average Bonchev–Trinajstić information content (AvgIpc) is 2.46. The fourth-order valence-corrected chi connectivity index (χ4v) is 2.89. The van der Waals surface area contributed by atoms with E-state index in [1.165, 1.54) is 0 Å². The smallest absolute Gasteiger partial charge is 0.334 e. The molecule has 2 rings (SSSR count).